The van der Waals surface area contributed by atoms with Gasteiger partial charge in [-0.1, -0.05) is 12.1 Å². The molecule has 0 N–H and O–H groups in total. The fourth-order valence-electron chi connectivity index (χ4n) is 4.05. The lowest BCUT2D eigenvalue weighted by atomic mass is 10.1. The fourth-order valence-corrected chi connectivity index (χ4v) is 5.02. The van der Waals surface area contributed by atoms with Crippen LogP contribution in [-0.2, 0) is 24.1 Å². The summed E-state index contributed by atoms with van der Waals surface area (Å²) in [6.07, 6.45) is 4.90. The van der Waals surface area contributed by atoms with E-state index >= 15 is 0 Å². The van der Waals surface area contributed by atoms with Crippen molar-refractivity contribution in [3.8, 4) is 0 Å². The number of benzene rings is 1. The third-order valence-electron chi connectivity index (χ3n) is 5.74. The molecule has 0 spiro atoms. The molecule has 0 saturated carbocycles. The van der Waals surface area contributed by atoms with Gasteiger partial charge in [0.25, 0.3) is 5.69 Å². The van der Waals surface area contributed by atoms with Gasteiger partial charge in [-0.05, 0) is 23.3 Å². The van der Waals surface area contributed by atoms with Crippen molar-refractivity contribution in [1.82, 2.24) is 9.97 Å². The number of rotatable bonds is 5. The van der Waals surface area contributed by atoms with Crippen LogP contribution in [0.25, 0.3) is 0 Å². The minimum Gasteiger partial charge on any atom is -0.378 e. The SMILES string of the molecule is O=[N+]([O-])c1cnc2c(c1)CN(c1ncc(Cc3ccc(N4CCOCC4)cc3)s1)CC2. The summed E-state index contributed by atoms with van der Waals surface area (Å²) < 4.78 is 5.43. The zero-order valence-electron chi connectivity index (χ0n) is 17.1. The second-order valence-corrected chi connectivity index (χ2v) is 8.87. The molecule has 1 aromatic carbocycles. The first-order chi connectivity index (χ1) is 15.2. The molecule has 0 unspecified atom stereocenters. The molecule has 8 nitrogen and oxygen atoms in total. The van der Waals surface area contributed by atoms with E-state index < -0.39 is 4.92 Å². The van der Waals surface area contributed by atoms with E-state index in [1.165, 1.54) is 22.3 Å². The normalized spacial score (nSPS) is 16.3. The number of morpholine rings is 1. The van der Waals surface area contributed by atoms with Crippen LogP contribution in [0.15, 0.2) is 42.7 Å². The van der Waals surface area contributed by atoms with Crippen LogP contribution in [0, 0.1) is 10.1 Å². The first kappa shape index (κ1) is 19.9. The molecule has 0 aliphatic carbocycles. The molecule has 31 heavy (non-hydrogen) atoms. The average Bonchev–Trinajstić information content (AvgIpc) is 3.28. The van der Waals surface area contributed by atoms with E-state index in [0.29, 0.717) is 6.54 Å². The van der Waals surface area contributed by atoms with Crippen LogP contribution >= 0.6 is 11.3 Å². The summed E-state index contributed by atoms with van der Waals surface area (Å²) in [6, 6.07) is 10.4. The Morgan fingerprint density at radius 1 is 1.06 bits per heavy atom. The topological polar surface area (TPSA) is 84.6 Å². The van der Waals surface area contributed by atoms with Crippen molar-refractivity contribution in [3.63, 3.8) is 0 Å². The smallest absolute Gasteiger partial charge is 0.287 e. The standard InChI is InChI=1S/C22H23N5O3S/c28-27(29)19-12-17-15-26(6-5-21(17)23-13-19)22-24-14-20(31-22)11-16-1-3-18(4-2-16)25-7-9-30-10-8-25/h1-4,12-14H,5-11,15H2. The molecule has 5 rings (SSSR count). The molecule has 0 radical (unpaired) electrons. The van der Waals surface area contributed by atoms with Gasteiger partial charge in [-0.2, -0.15) is 0 Å². The monoisotopic (exact) mass is 437 g/mol. The Kier molecular flexibility index (Phi) is 5.52. The molecule has 160 valence electrons. The predicted molar refractivity (Wildman–Crippen MR) is 120 cm³/mol. The van der Waals surface area contributed by atoms with Gasteiger partial charge in [-0.3, -0.25) is 15.1 Å². The molecule has 1 saturated heterocycles. The van der Waals surface area contributed by atoms with Gasteiger partial charge < -0.3 is 14.5 Å². The Balaban J connectivity index is 1.25. The quantitative estimate of drug-likeness (QED) is 0.446. The van der Waals surface area contributed by atoms with Crippen LogP contribution in [0.3, 0.4) is 0 Å². The number of aromatic nitrogens is 2. The van der Waals surface area contributed by atoms with Gasteiger partial charge in [0.2, 0.25) is 0 Å². The molecular weight excluding hydrogens is 414 g/mol. The lowest BCUT2D eigenvalue weighted by Gasteiger charge is -2.28. The predicted octanol–water partition coefficient (Wildman–Crippen LogP) is 3.44. The molecule has 0 atom stereocenters. The number of nitro groups is 1. The van der Waals surface area contributed by atoms with Crippen LogP contribution in [0.4, 0.5) is 16.5 Å². The molecule has 2 aliphatic rings. The summed E-state index contributed by atoms with van der Waals surface area (Å²) in [4.78, 5) is 25.3. The summed E-state index contributed by atoms with van der Waals surface area (Å²) in [7, 11) is 0. The number of pyridine rings is 1. The van der Waals surface area contributed by atoms with Gasteiger partial charge in [-0.25, -0.2) is 4.98 Å². The fraction of sp³-hybridized carbons (Fsp3) is 0.364. The molecule has 1 fully saturated rings. The summed E-state index contributed by atoms with van der Waals surface area (Å²) >= 11 is 1.69. The first-order valence-electron chi connectivity index (χ1n) is 10.4. The Morgan fingerprint density at radius 3 is 2.65 bits per heavy atom. The maximum atomic E-state index is 11.1. The van der Waals surface area contributed by atoms with E-state index in [1.54, 1.807) is 17.4 Å². The van der Waals surface area contributed by atoms with Gasteiger partial charge in [0.15, 0.2) is 5.13 Å². The highest BCUT2D eigenvalue weighted by molar-refractivity contribution is 7.15. The van der Waals surface area contributed by atoms with Gasteiger partial charge in [0.1, 0.15) is 6.20 Å². The highest BCUT2D eigenvalue weighted by Crippen LogP contribution is 2.30. The second kappa shape index (κ2) is 8.60. The first-order valence-corrected chi connectivity index (χ1v) is 11.2. The molecule has 2 aromatic heterocycles. The summed E-state index contributed by atoms with van der Waals surface area (Å²) in [5.74, 6) is 0. The van der Waals surface area contributed by atoms with E-state index in [2.05, 4.69) is 44.0 Å². The number of fused-ring (bicyclic) bond motifs is 1. The average molecular weight is 438 g/mol. The number of ether oxygens (including phenoxy) is 1. The zero-order valence-corrected chi connectivity index (χ0v) is 17.9. The highest BCUT2D eigenvalue weighted by atomic mass is 32.1. The van der Waals surface area contributed by atoms with Gasteiger partial charge >= 0.3 is 0 Å². The summed E-state index contributed by atoms with van der Waals surface area (Å²) in [5.41, 5.74) is 4.40. The molecular formula is C22H23N5O3S. The van der Waals surface area contributed by atoms with Crippen LogP contribution in [-0.4, -0.2) is 47.7 Å². The molecule has 3 aromatic rings. The maximum absolute atomic E-state index is 11.1. The van der Waals surface area contributed by atoms with Crippen LogP contribution < -0.4 is 9.80 Å². The minimum absolute atomic E-state index is 0.0425. The van der Waals surface area contributed by atoms with Gasteiger partial charge in [0, 0.05) is 67.5 Å². The highest BCUT2D eigenvalue weighted by Gasteiger charge is 2.22. The number of nitrogens with zero attached hydrogens (tertiary/aromatic N) is 5. The second-order valence-electron chi connectivity index (χ2n) is 7.78. The van der Waals surface area contributed by atoms with E-state index in [4.69, 9.17) is 4.74 Å². The number of anilines is 2. The van der Waals surface area contributed by atoms with Crippen molar-refractivity contribution in [2.24, 2.45) is 0 Å². The number of hydrogen-bond donors (Lipinski definition) is 0. The van der Waals surface area contributed by atoms with Gasteiger partial charge in [0.05, 0.1) is 18.1 Å². The van der Waals surface area contributed by atoms with E-state index in [1.807, 2.05) is 6.20 Å². The van der Waals surface area contributed by atoms with Crippen molar-refractivity contribution in [1.29, 1.82) is 0 Å². The van der Waals surface area contributed by atoms with Crippen molar-refractivity contribution in [2.75, 3.05) is 42.6 Å². The van der Waals surface area contributed by atoms with Crippen molar-refractivity contribution in [2.45, 2.75) is 19.4 Å². The van der Waals surface area contributed by atoms with Crippen molar-refractivity contribution in [3.05, 3.63) is 74.5 Å². The molecule has 9 heteroatoms. The Labute approximate surface area is 184 Å². The van der Waals surface area contributed by atoms with Crippen molar-refractivity contribution < 1.29 is 9.66 Å². The van der Waals surface area contributed by atoms with Crippen LogP contribution in [0.5, 0.6) is 0 Å². The maximum Gasteiger partial charge on any atom is 0.287 e. The number of hydrogen-bond acceptors (Lipinski definition) is 8. The lowest BCUT2D eigenvalue weighted by molar-refractivity contribution is -0.385. The Bertz CT molecular complexity index is 1080. The molecule has 0 amide bonds. The Hall–Kier alpha value is -3.04. The Morgan fingerprint density at radius 2 is 1.87 bits per heavy atom. The molecule has 2 aliphatic heterocycles. The molecule has 0 bridgehead atoms. The largest absolute Gasteiger partial charge is 0.378 e. The number of thiazole rings is 1. The zero-order chi connectivity index (χ0) is 21.2. The van der Waals surface area contributed by atoms with E-state index in [-0.39, 0.29) is 5.69 Å². The van der Waals surface area contributed by atoms with Crippen LogP contribution in [0.2, 0.25) is 0 Å². The van der Waals surface area contributed by atoms with Gasteiger partial charge in [-0.15, -0.1) is 11.3 Å². The minimum atomic E-state index is -0.391. The van der Waals surface area contributed by atoms with Crippen molar-refractivity contribution >= 4 is 27.8 Å². The molecule has 4 heterocycles. The summed E-state index contributed by atoms with van der Waals surface area (Å²) in [6.45, 7) is 4.88. The van der Waals surface area contributed by atoms with E-state index in [0.717, 1.165) is 62.1 Å². The summed E-state index contributed by atoms with van der Waals surface area (Å²) in [5, 5.41) is 12.0. The van der Waals surface area contributed by atoms with Crippen LogP contribution in [0.1, 0.15) is 21.7 Å². The third kappa shape index (κ3) is 4.38. The third-order valence-corrected chi connectivity index (χ3v) is 6.80. The lowest BCUT2D eigenvalue weighted by Crippen LogP contribution is -2.36. The van der Waals surface area contributed by atoms with E-state index in [9.17, 15) is 10.1 Å².